The maximum Gasteiger partial charge on any atom is 0.340 e. The molecule has 2 aromatic rings. The number of nitrogens with two attached hydrogens (primary N) is 1. The highest BCUT2D eigenvalue weighted by molar-refractivity contribution is 5.92. The SMILES string of the molecule is CCCc1cc2c(c(=O)[nH]1)C(c1ccc(OC)cc1OC)C(C(=O)OC)=C(N)O2. The smallest absolute Gasteiger partial charge is 0.340 e. The number of aryl methyl sites for hydroxylation is 1. The van der Waals surface area contributed by atoms with Crippen LogP contribution in [0.3, 0.4) is 0 Å². The molecular formula is C21H24N2O6. The molecular weight excluding hydrogens is 376 g/mol. The van der Waals surface area contributed by atoms with Crippen molar-refractivity contribution in [2.24, 2.45) is 5.73 Å². The molecule has 0 fully saturated rings. The first kappa shape index (κ1) is 20.3. The molecule has 8 heteroatoms. The standard InChI is InChI=1S/C21H24N2O6/c1-5-6-11-9-15-17(20(24)23-11)16(18(19(22)29-15)21(25)28-4)13-8-7-12(26-2)10-14(13)27-3/h7-10,16H,5-6,22H2,1-4H3,(H,23,24). The molecule has 0 aliphatic carbocycles. The minimum absolute atomic E-state index is 0.0391. The van der Waals surface area contributed by atoms with E-state index in [2.05, 4.69) is 4.98 Å². The Morgan fingerprint density at radius 2 is 1.97 bits per heavy atom. The Kier molecular flexibility index (Phi) is 5.81. The maximum absolute atomic E-state index is 13.0. The van der Waals surface area contributed by atoms with Crippen LogP contribution in [-0.4, -0.2) is 32.3 Å². The van der Waals surface area contributed by atoms with Crippen molar-refractivity contribution in [3.8, 4) is 17.2 Å². The van der Waals surface area contributed by atoms with E-state index >= 15 is 0 Å². The number of hydrogen-bond acceptors (Lipinski definition) is 7. The summed E-state index contributed by atoms with van der Waals surface area (Å²) in [6.45, 7) is 2.01. The molecule has 8 nitrogen and oxygen atoms in total. The van der Waals surface area contributed by atoms with E-state index < -0.39 is 11.9 Å². The molecule has 29 heavy (non-hydrogen) atoms. The second-order valence-corrected chi connectivity index (χ2v) is 6.56. The van der Waals surface area contributed by atoms with Crippen LogP contribution in [-0.2, 0) is 16.0 Å². The Labute approximate surface area is 168 Å². The zero-order valence-electron chi connectivity index (χ0n) is 16.8. The number of aromatic nitrogens is 1. The number of carbonyl (C=O) groups excluding carboxylic acids is 1. The highest BCUT2D eigenvalue weighted by Crippen LogP contribution is 2.44. The van der Waals surface area contributed by atoms with Crippen LogP contribution in [0.25, 0.3) is 0 Å². The van der Waals surface area contributed by atoms with Gasteiger partial charge in [-0.05, 0) is 12.5 Å². The van der Waals surface area contributed by atoms with E-state index in [1.165, 1.54) is 21.3 Å². The minimum Gasteiger partial charge on any atom is -0.497 e. The number of esters is 1. The Balaban J connectivity index is 2.30. The lowest BCUT2D eigenvalue weighted by Crippen LogP contribution is -2.32. The van der Waals surface area contributed by atoms with E-state index in [9.17, 15) is 9.59 Å². The summed E-state index contributed by atoms with van der Waals surface area (Å²) in [6, 6.07) is 6.87. The van der Waals surface area contributed by atoms with Gasteiger partial charge in [-0.25, -0.2) is 4.79 Å². The molecule has 1 atom stereocenters. The van der Waals surface area contributed by atoms with Gasteiger partial charge in [-0.2, -0.15) is 0 Å². The predicted molar refractivity (Wildman–Crippen MR) is 106 cm³/mol. The number of benzene rings is 1. The molecule has 1 aliphatic rings. The monoisotopic (exact) mass is 400 g/mol. The van der Waals surface area contributed by atoms with Crippen LogP contribution < -0.4 is 25.5 Å². The van der Waals surface area contributed by atoms with Crippen molar-refractivity contribution in [1.29, 1.82) is 0 Å². The van der Waals surface area contributed by atoms with Gasteiger partial charge in [0, 0.05) is 23.4 Å². The van der Waals surface area contributed by atoms with Crippen LogP contribution in [0.4, 0.5) is 0 Å². The van der Waals surface area contributed by atoms with Gasteiger partial charge in [-0.15, -0.1) is 0 Å². The van der Waals surface area contributed by atoms with E-state index in [0.29, 0.717) is 29.2 Å². The minimum atomic E-state index is -0.827. The van der Waals surface area contributed by atoms with Crippen LogP contribution in [0, 0.1) is 0 Å². The molecule has 1 aromatic carbocycles. The average molecular weight is 400 g/mol. The largest absolute Gasteiger partial charge is 0.497 e. The average Bonchev–Trinajstić information content (AvgIpc) is 2.71. The number of nitrogens with one attached hydrogen (secondary N) is 1. The van der Waals surface area contributed by atoms with Crippen molar-refractivity contribution >= 4 is 5.97 Å². The molecule has 0 radical (unpaired) electrons. The zero-order valence-corrected chi connectivity index (χ0v) is 16.8. The lowest BCUT2D eigenvalue weighted by molar-refractivity contribution is -0.136. The van der Waals surface area contributed by atoms with Crippen molar-refractivity contribution in [2.45, 2.75) is 25.7 Å². The van der Waals surface area contributed by atoms with Crippen LogP contribution in [0.15, 0.2) is 40.5 Å². The molecule has 0 amide bonds. The number of fused-ring (bicyclic) bond motifs is 1. The molecule has 2 heterocycles. The van der Waals surface area contributed by atoms with Crippen molar-refractivity contribution in [3.63, 3.8) is 0 Å². The first-order chi connectivity index (χ1) is 13.9. The van der Waals surface area contributed by atoms with E-state index in [4.69, 9.17) is 24.7 Å². The quantitative estimate of drug-likeness (QED) is 0.715. The molecule has 154 valence electrons. The fraction of sp³-hybridized carbons (Fsp3) is 0.333. The highest BCUT2D eigenvalue weighted by Gasteiger charge is 2.39. The van der Waals surface area contributed by atoms with Crippen LogP contribution in [0.5, 0.6) is 17.2 Å². The lowest BCUT2D eigenvalue weighted by atomic mass is 9.83. The summed E-state index contributed by atoms with van der Waals surface area (Å²) in [7, 11) is 4.28. The van der Waals surface area contributed by atoms with E-state index in [0.717, 1.165) is 12.1 Å². The summed E-state index contributed by atoms with van der Waals surface area (Å²) in [5.41, 5.74) is 7.34. The Hall–Kier alpha value is -3.42. The molecule has 1 unspecified atom stereocenters. The normalized spacial score (nSPS) is 15.4. The zero-order chi connectivity index (χ0) is 21.1. The molecule has 1 aliphatic heterocycles. The fourth-order valence-electron chi connectivity index (χ4n) is 3.52. The first-order valence-electron chi connectivity index (χ1n) is 9.18. The lowest BCUT2D eigenvalue weighted by Gasteiger charge is -2.28. The fourth-order valence-corrected chi connectivity index (χ4v) is 3.52. The number of pyridine rings is 1. The Bertz CT molecular complexity index is 1020. The third-order valence-electron chi connectivity index (χ3n) is 4.83. The van der Waals surface area contributed by atoms with Gasteiger partial charge in [-0.3, -0.25) is 4.79 Å². The van der Waals surface area contributed by atoms with Crippen LogP contribution in [0.2, 0.25) is 0 Å². The second-order valence-electron chi connectivity index (χ2n) is 6.56. The van der Waals surface area contributed by atoms with Gasteiger partial charge in [0.25, 0.3) is 5.56 Å². The van der Waals surface area contributed by atoms with Gasteiger partial charge in [0.1, 0.15) is 22.8 Å². The van der Waals surface area contributed by atoms with E-state index in [1.807, 2.05) is 6.92 Å². The van der Waals surface area contributed by atoms with Gasteiger partial charge in [0.2, 0.25) is 5.88 Å². The molecule has 0 saturated heterocycles. The van der Waals surface area contributed by atoms with E-state index in [-0.39, 0.29) is 22.6 Å². The third kappa shape index (κ3) is 3.65. The molecule has 3 N–H and O–H groups in total. The van der Waals surface area contributed by atoms with Crippen molar-refractivity contribution < 1.29 is 23.7 Å². The molecule has 0 bridgehead atoms. The Morgan fingerprint density at radius 3 is 2.59 bits per heavy atom. The number of hydrogen-bond donors (Lipinski definition) is 2. The summed E-state index contributed by atoms with van der Waals surface area (Å²) < 4.78 is 21.3. The van der Waals surface area contributed by atoms with Gasteiger partial charge >= 0.3 is 5.97 Å². The van der Waals surface area contributed by atoms with Crippen molar-refractivity contribution in [2.75, 3.05) is 21.3 Å². The number of H-pyrrole nitrogens is 1. The summed E-state index contributed by atoms with van der Waals surface area (Å²) in [5.74, 6) is -0.305. The number of aromatic amines is 1. The molecule has 0 spiro atoms. The summed E-state index contributed by atoms with van der Waals surface area (Å²) in [6.07, 6.45) is 1.53. The third-order valence-corrected chi connectivity index (χ3v) is 4.83. The first-order valence-corrected chi connectivity index (χ1v) is 9.18. The van der Waals surface area contributed by atoms with Gasteiger partial charge in [-0.1, -0.05) is 19.4 Å². The molecule has 1 aromatic heterocycles. The predicted octanol–water partition coefficient (Wildman–Crippen LogP) is 2.21. The molecule has 0 saturated carbocycles. The number of rotatable bonds is 6. The highest BCUT2D eigenvalue weighted by atomic mass is 16.5. The van der Waals surface area contributed by atoms with Gasteiger partial charge in [0.05, 0.1) is 32.8 Å². The summed E-state index contributed by atoms with van der Waals surface area (Å²) in [4.78, 5) is 28.4. The maximum atomic E-state index is 13.0. The number of carbonyl (C=O) groups is 1. The van der Waals surface area contributed by atoms with E-state index in [1.54, 1.807) is 24.3 Å². The van der Waals surface area contributed by atoms with Crippen LogP contribution in [0.1, 0.15) is 36.1 Å². The second kappa shape index (κ2) is 8.30. The van der Waals surface area contributed by atoms with Crippen molar-refractivity contribution in [3.05, 3.63) is 62.9 Å². The number of methoxy groups -OCH3 is 3. The van der Waals surface area contributed by atoms with Gasteiger partial charge < -0.3 is 29.7 Å². The van der Waals surface area contributed by atoms with Gasteiger partial charge in [0.15, 0.2) is 0 Å². The topological polar surface area (TPSA) is 113 Å². The Morgan fingerprint density at radius 1 is 1.21 bits per heavy atom. The van der Waals surface area contributed by atoms with Crippen molar-refractivity contribution in [1.82, 2.24) is 4.98 Å². The van der Waals surface area contributed by atoms with Crippen LogP contribution >= 0.6 is 0 Å². The summed E-state index contributed by atoms with van der Waals surface area (Å²) in [5, 5.41) is 0. The summed E-state index contributed by atoms with van der Waals surface area (Å²) >= 11 is 0. The molecule has 3 rings (SSSR count). The number of ether oxygens (including phenoxy) is 4.